The number of nitrogens with zero attached hydrogens (tertiary/aromatic N) is 2. The Labute approximate surface area is 148 Å². The number of benzene rings is 1. The predicted molar refractivity (Wildman–Crippen MR) is 92.5 cm³/mol. The van der Waals surface area contributed by atoms with Crippen molar-refractivity contribution in [2.75, 3.05) is 0 Å². The lowest BCUT2D eigenvalue weighted by molar-refractivity contribution is -0.134. The Balaban J connectivity index is 1.61. The Hall–Kier alpha value is -2.96. The lowest BCUT2D eigenvalue weighted by Crippen LogP contribution is -2.39. The molecule has 1 N–H and O–H groups in total. The van der Waals surface area contributed by atoms with Gasteiger partial charge in [-0.3, -0.25) is 14.9 Å². The van der Waals surface area contributed by atoms with Crippen molar-refractivity contribution >= 4 is 40.0 Å². The minimum absolute atomic E-state index is 0.149. The van der Waals surface area contributed by atoms with E-state index >= 15 is 0 Å². The van der Waals surface area contributed by atoms with Crippen LogP contribution in [0.3, 0.4) is 0 Å². The summed E-state index contributed by atoms with van der Waals surface area (Å²) in [5.41, 5.74) is 2.27. The molecule has 1 saturated heterocycles. The molecule has 3 aromatic rings. The van der Waals surface area contributed by atoms with Crippen LogP contribution >= 0.6 is 0 Å². The van der Waals surface area contributed by atoms with Gasteiger partial charge in [0.2, 0.25) is 11.8 Å². The van der Waals surface area contributed by atoms with Crippen molar-refractivity contribution in [2.45, 2.75) is 37.6 Å². The van der Waals surface area contributed by atoms with Crippen molar-refractivity contribution in [3.05, 3.63) is 30.1 Å². The van der Waals surface area contributed by atoms with E-state index < -0.39 is 5.92 Å². The first kappa shape index (κ1) is 15.3. The van der Waals surface area contributed by atoms with Crippen molar-refractivity contribution in [2.24, 2.45) is 5.92 Å². The molecule has 2 amide bonds. The van der Waals surface area contributed by atoms with Gasteiger partial charge in [-0.25, -0.2) is 0 Å². The largest absolute Gasteiger partial charge is 0.356 e. The molecular weight excluding hydrogens is 334 g/mol. The van der Waals surface area contributed by atoms with Crippen LogP contribution in [0.25, 0.3) is 21.9 Å². The highest BCUT2D eigenvalue weighted by atomic mass is 16.5. The minimum Gasteiger partial charge on any atom is -0.356 e. The Kier molecular flexibility index (Phi) is 3.25. The molecule has 132 valence electrons. The Morgan fingerprint density at radius 1 is 1.23 bits per heavy atom. The zero-order valence-electron chi connectivity index (χ0n) is 14.0. The number of aldehydes is 1. The van der Waals surface area contributed by atoms with E-state index in [0.717, 1.165) is 35.4 Å². The standard InChI is InChI=1S/C19H17N3O4/c23-9-10-7-11(8-10)22-6-5-12-14(22)2-3-15-17(12)18(21-26-15)13-1-4-16(24)20-19(13)25/h2-3,5-6,9-11,13H,1,4,7-8H2,(H,20,24,25). The van der Waals surface area contributed by atoms with Crippen LogP contribution in [0.15, 0.2) is 28.9 Å². The van der Waals surface area contributed by atoms with E-state index in [4.69, 9.17) is 4.52 Å². The van der Waals surface area contributed by atoms with Gasteiger partial charge in [0.1, 0.15) is 12.0 Å². The van der Waals surface area contributed by atoms with Crippen LogP contribution in [-0.4, -0.2) is 27.8 Å². The third-order valence-corrected chi connectivity index (χ3v) is 5.67. The summed E-state index contributed by atoms with van der Waals surface area (Å²) in [6.07, 6.45) is 5.51. The van der Waals surface area contributed by atoms with Gasteiger partial charge < -0.3 is 13.9 Å². The number of imide groups is 1. The van der Waals surface area contributed by atoms with Gasteiger partial charge in [-0.05, 0) is 37.5 Å². The number of hydrogen-bond acceptors (Lipinski definition) is 5. The predicted octanol–water partition coefficient (Wildman–Crippen LogP) is 2.45. The molecule has 2 aliphatic rings. The highest BCUT2D eigenvalue weighted by molar-refractivity contribution is 6.09. The first-order valence-corrected chi connectivity index (χ1v) is 8.83. The van der Waals surface area contributed by atoms with Crippen molar-refractivity contribution in [3.63, 3.8) is 0 Å². The minimum atomic E-state index is -0.481. The molecule has 0 radical (unpaired) electrons. The van der Waals surface area contributed by atoms with Crippen molar-refractivity contribution in [1.82, 2.24) is 15.0 Å². The van der Waals surface area contributed by atoms with Crippen molar-refractivity contribution in [1.29, 1.82) is 0 Å². The van der Waals surface area contributed by atoms with Crippen LogP contribution < -0.4 is 5.32 Å². The first-order valence-electron chi connectivity index (χ1n) is 8.83. The highest BCUT2D eigenvalue weighted by Gasteiger charge is 2.34. The van der Waals surface area contributed by atoms with Crippen LogP contribution in [0.5, 0.6) is 0 Å². The summed E-state index contributed by atoms with van der Waals surface area (Å²) < 4.78 is 7.65. The van der Waals surface area contributed by atoms with E-state index in [1.54, 1.807) is 0 Å². The smallest absolute Gasteiger partial charge is 0.235 e. The van der Waals surface area contributed by atoms with Crippen LogP contribution in [0.1, 0.15) is 43.3 Å². The van der Waals surface area contributed by atoms with Crippen LogP contribution in [0.4, 0.5) is 0 Å². The first-order chi connectivity index (χ1) is 12.7. The molecular formula is C19H17N3O4. The normalized spacial score (nSPS) is 26.1. The van der Waals surface area contributed by atoms with Crippen LogP contribution in [0, 0.1) is 5.92 Å². The van der Waals surface area contributed by atoms with Crippen LogP contribution in [0.2, 0.25) is 0 Å². The topological polar surface area (TPSA) is 94.2 Å². The summed E-state index contributed by atoms with van der Waals surface area (Å²) in [5.74, 6) is -0.896. The second-order valence-electron chi connectivity index (χ2n) is 7.19. The SMILES string of the molecule is O=CC1CC(n2ccc3c4c(C5CCC(=O)NC5=O)noc4ccc32)C1. The van der Waals surface area contributed by atoms with Crippen molar-refractivity contribution < 1.29 is 18.9 Å². The van der Waals surface area contributed by atoms with Gasteiger partial charge in [-0.1, -0.05) is 5.16 Å². The highest BCUT2D eigenvalue weighted by Crippen LogP contribution is 2.41. The number of piperidine rings is 1. The average Bonchev–Trinajstić information content (AvgIpc) is 3.18. The number of nitrogens with one attached hydrogen (secondary N) is 1. The molecule has 7 heteroatoms. The summed E-state index contributed by atoms with van der Waals surface area (Å²) in [7, 11) is 0. The third kappa shape index (κ3) is 2.13. The molecule has 7 nitrogen and oxygen atoms in total. The number of hydrogen-bond donors (Lipinski definition) is 1. The molecule has 1 aromatic carbocycles. The second-order valence-corrected chi connectivity index (χ2v) is 7.19. The molecule has 1 aliphatic carbocycles. The molecule has 0 spiro atoms. The zero-order valence-corrected chi connectivity index (χ0v) is 14.0. The molecule has 1 unspecified atom stereocenters. The maximum atomic E-state index is 12.3. The van der Waals surface area contributed by atoms with Gasteiger partial charge in [0, 0.05) is 35.5 Å². The summed E-state index contributed by atoms with van der Waals surface area (Å²) in [6.45, 7) is 0. The summed E-state index contributed by atoms with van der Waals surface area (Å²) >= 11 is 0. The molecule has 26 heavy (non-hydrogen) atoms. The monoisotopic (exact) mass is 351 g/mol. The number of fused-ring (bicyclic) bond motifs is 3. The van der Waals surface area contributed by atoms with Gasteiger partial charge in [0.25, 0.3) is 0 Å². The van der Waals surface area contributed by atoms with Gasteiger partial charge in [0.15, 0.2) is 5.58 Å². The lowest BCUT2D eigenvalue weighted by atomic mass is 9.81. The maximum absolute atomic E-state index is 12.3. The van der Waals surface area contributed by atoms with E-state index in [0.29, 0.717) is 30.2 Å². The second kappa shape index (κ2) is 5.52. The van der Waals surface area contributed by atoms with Gasteiger partial charge in [-0.15, -0.1) is 0 Å². The summed E-state index contributed by atoms with van der Waals surface area (Å²) in [6, 6.07) is 6.19. The number of rotatable bonds is 3. The van der Waals surface area contributed by atoms with Gasteiger partial charge in [0.05, 0.1) is 11.3 Å². The molecule has 1 saturated carbocycles. The fraction of sp³-hybridized carbons (Fsp3) is 0.368. The fourth-order valence-corrected chi connectivity index (χ4v) is 4.18. The Morgan fingerprint density at radius 3 is 2.85 bits per heavy atom. The quantitative estimate of drug-likeness (QED) is 0.578. The molecule has 2 fully saturated rings. The number of aromatic nitrogens is 2. The van der Waals surface area contributed by atoms with E-state index in [1.165, 1.54) is 0 Å². The Bertz CT molecular complexity index is 1060. The van der Waals surface area contributed by atoms with E-state index in [-0.39, 0.29) is 17.7 Å². The average molecular weight is 351 g/mol. The Morgan fingerprint density at radius 2 is 2.08 bits per heavy atom. The van der Waals surface area contributed by atoms with E-state index in [1.807, 2.05) is 24.4 Å². The molecule has 1 atom stereocenters. The summed E-state index contributed by atoms with van der Waals surface area (Å²) in [5, 5.41) is 8.36. The molecule has 1 aliphatic heterocycles. The number of carbonyl (C=O) groups excluding carboxylic acids is 3. The number of carbonyl (C=O) groups is 3. The summed E-state index contributed by atoms with van der Waals surface area (Å²) in [4.78, 5) is 34.6. The molecule has 3 heterocycles. The fourth-order valence-electron chi connectivity index (χ4n) is 4.18. The van der Waals surface area contributed by atoms with E-state index in [2.05, 4.69) is 15.0 Å². The van der Waals surface area contributed by atoms with E-state index in [9.17, 15) is 14.4 Å². The molecule has 5 rings (SSSR count). The van der Waals surface area contributed by atoms with Crippen molar-refractivity contribution in [3.8, 4) is 0 Å². The zero-order chi connectivity index (χ0) is 17.8. The molecule has 0 bridgehead atoms. The third-order valence-electron chi connectivity index (χ3n) is 5.67. The van der Waals surface area contributed by atoms with Crippen LogP contribution in [-0.2, 0) is 14.4 Å². The lowest BCUT2D eigenvalue weighted by Gasteiger charge is -2.33. The maximum Gasteiger partial charge on any atom is 0.235 e. The molecule has 2 aromatic heterocycles. The number of amides is 2. The van der Waals surface area contributed by atoms with Gasteiger partial charge in [-0.2, -0.15) is 0 Å². The van der Waals surface area contributed by atoms with Gasteiger partial charge >= 0.3 is 0 Å².